The Morgan fingerprint density at radius 3 is 2.73 bits per heavy atom. The maximum Gasteiger partial charge on any atom is 0.337 e. The number of aromatic carboxylic acids is 1. The second-order valence-electron chi connectivity index (χ2n) is 7.63. The van der Waals surface area contributed by atoms with Gasteiger partial charge in [0.2, 0.25) is 0 Å². The standard InChI is InChI=1S/C23H21N3O4/c1-13-7-17(14(2)25-19-6-4-3-5-16(19)23(28)29)22-18(8-13)20(27)9-21(30-22)26-11-15(10-24)12-26/h3-9,14-15,25H,11-12H2,1-2H3,(H,28,29). The molecule has 0 amide bonds. The van der Waals surface area contributed by atoms with Crippen LogP contribution in [-0.4, -0.2) is 24.2 Å². The van der Waals surface area contributed by atoms with Crippen LogP contribution in [0.25, 0.3) is 11.0 Å². The summed E-state index contributed by atoms with van der Waals surface area (Å²) in [5.74, 6) is -0.628. The Bertz CT molecular complexity index is 1240. The molecule has 0 bridgehead atoms. The zero-order valence-electron chi connectivity index (χ0n) is 16.7. The van der Waals surface area contributed by atoms with Gasteiger partial charge < -0.3 is 19.7 Å². The van der Waals surface area contributed by atoms with E-state index in [0.717, 1.165) is 11.1 Å². The highest BCUT2D eigenvalue weighted by molar-refractivity contribution is 5.94. The molecule has 0 aliphatic carbocycles. The maximum absolute atomic E-state index is 12.8. The smallest absolute Gasteiger partial charge is 0.337 e. The summed E-state index contributed by atoms with van der Waals surface area (Å²) in [6.45, 7) is 4.87. The molecule has 3 aromatic rings. The molecule has 7 heteroatoms. The maximum atomic E-state index is 12.8. The second-order valence-corrected chi connectivity index (χ2v) is 7.63. The number of carbonyl (C=O) groups is 1. The van der Waals surface area contributed by atoms with Gasteiger partial charge in [-0.25, -0.2) is 4.79 Å². The van der Waals surface area contributed by atoms with Gasteiger partial charge >= 0.3 is 5.97 Å². The lowest BCUT2D eigenvalue weighted by Crippen LogP contribution is -2.46. The Balaban J connectivity index is 1.76. The van der Waals surface area contributed by atoms with Crippen molar-refractivity contribution in [2.45, 2.75) is 19.9 Å². The molecule has 1 aliphatic heterocycles. The van der Waals surface area contributed by atoms with Gasteiger partial charge in [0.25, 0.3) is 0 Å². The molecule has 7 nitrogen and oxygen atoms in total. The van der Waals surface area contributed by atoms with Crippen molar-refractivity contribution in [1.82, 2.24) is 0 Å². The zero-order chi connectivity index (χ0) is 21.4. The first-order valence-corrected chi connectivity index (χ1v) is 9.69. The first-order valence-electron chi connectivity index (χ1n) is 9.69. The first-order chi connectivity index (χ1) is 14.4. The zero-order valence-corrected chi connectivity index (χ0v) is 16.7. The molecule has 30 heavy (non-hydrogen) atoms. The Morgan fingerprint density at radius 1 is 1.30 bits per heavy atom. The number of aryl methyl sites for hydroxylation is 1. The number of carboxylic acid groups (broad SMARTS) is 1. The third kappa shape index (κ3) is 3.48. The number of para-hydroxylation sites is 1. The number of hydrogen-bond donors (Lipinski definition) is 2. The lowest BCUT2D eigenvalue weighted by atomic mass is 10.00. The van der Waals surface area contributed by atoms with Crippen LogP contribution in [0.1, 0.15) is 34.5 Å². The minimum Gasteiger partial charge on any atom is -0.478 e. The van der Waals surface area contributed by atoms with Crippen molar-refractivity contribution in [3.63, 3.8) is 0 Å². The fraction of sp³-hybridized carbons (Fsp3) is 0.261. The van der Waals surface area contributed by atoms with E-state index >= 15 is 0 Å². The fourth-order valence-corrected chi connectivity index (χ4v) is 3.75. The van der Waals surface area contributed by atoms with Crippen LogP contribution in [0.5, 0.6) is 0 Å². The predicted molar refractivity (Wildman–Crippen MR) is 114 cm³/mol. The van der Waals surface area contributed by atoms with Crippen LogP contribution in [0.15, 0.2) is 51.7 Å². The fourth-order valence-electron chi connectivity index (χ4n) is 3.75. The number of anilines is 2. The van der Waals surface area contributed by atoms with E-state index in [2.05, 4.69) is 11.4 Å². The molecule has 152 valence electrons. The molecule has 1 saturated heterocycles. The Kier molecular flexibility index (Phi) is 4.92. The highest BCUT2D eigenvalue weighted by Gasteiger charge is 2.29. The molecular formula is C23H21N3O4. The Labute approximate surface area is 173 Å². The molecule has 1 atom stereocenters. The number of benzene rings is 2. The van der Waals surface area contributed by atoms with Crippen LogP contribution < -0.4 is 15.6 Å². The average Bonchev–Trinajstić information content (AvgIpc) is 2.67. The van der Waals surface area contributed by atoms with Gasteiger partial charge in [0, 0.05) is 30.4 Å². The van der Waals surface area contributed by atoms with Crippen LogP contribution in [0.2, 0.25) is 0 Å². The Morgan fingerprint density at radius 2 is 2.03 bits per heavy atom. The molecule has 1 aromatic heterocycles. The van der Waals surface area contributed by atoms with Crippen LogP contribution in [0.4, 0.5) is 11.6 Å². The summed E-state index contributed by atoms with van der Waals surface area (Å²) < 4.78 is 6.12. The molecule has 2 aromatic carbocycles. The summed E-state index contributed by atoms with van der Waals surface area (Å²) in [7, 11) is 0. The van der Waals surface area contributed by atoms with E-state index in [0.29, 0.717) is 35.6 Å². The lowest BCUT2D eigenvalue weighted by Gasteiger charge is -2.35. The molecule has 2 N–H and O–H groups in total. The van der Waals surface area contributed by atoms with Gasteiger partial charge in [0.1, 0.15) is 5.58 Å². The first kappa shape index (κ1) is 19.5. The third-order valence-electron chi connectivity index (χ3n) is 5.36. The summed E-state index contributed by atoms with van der Waals surface area (Å²) in [5, 5.41) is 22.2. The van der Waals surface area contributed by atoms with E-state index in [4.69, 9.17) is 9.68 Å². The molecule has 1 aliphatic rings. The Hall–Kier alpha value is -3.79. The van der Waals surface area contributed by atoms with Gasteiger partial charge in [0.15, 0.2) is 11.3 Å². The summed E-state index contributed by atoms with van der Waals surface area (Å²) in [6.07, 6.45) is 0. The third-order valence-corrected chi connectivity index (χ3v) is 5.36. The van der Waals surface area contributed by atoms with Crippen molar-refractivity contribution >= 4 is 28.5 Å². The van der Waals surface area contributed by atoms with Crippen molar-refractivity contribution in [3.05, 3.63) is 69.4 Å². The van der Waals surface area contributed by atoms with Crippen molar-refractivity contribution < 1.29 is 14.3 Å². The SMILES string of the molecule is Cc1cc(C(C)Nc2ccccc2C(=O)O)c2oc(N3CC(C#N)C3)cc(=O)c2c1. The van der Waals surface area contributed by atoms with Crippen LogP contribution in [0, 0.1) is 24.2 Å². The number of fused-ring (bicyclic) bond motifs is 1. The lowest BCUT2D eigenvalue weighted by molar-refractivity contribution is 0.0698. The topological polar surface area (TPSA) is 107 Å². The predicted octanol–water partition coefficient (Wildman–Crippen LogP) is 3.93. The molecule has 0 saturated carbocycles. The summed E-state index contributed by atoms with van der Waals surface area (Å²) in [5.41, 5.74) is 2.66. The number of rotatable bonds is 5. The highest BCUT2D eigenvalue weighted by Crippen LogP contribution is 2.32. The van der Waals surface area contributed by atoms with E-state index in [-0.39, 0.29) is 23.0 Å². The number of nitriles is 1. The van der Waals surface area contributed by atoms with Gasteiger partial charge in [-0.05, 0) is 37.6 Å². The molecule has 4 rings (SSSR count). The summed E-state index contributed by atoms with van der Waals surface area (Å²) in [4.78, 5) is 26.2. The van der Waals surface area contributed by atoms with Gasteiger partial charge in [-0.3, -0.25) is 4.79 Å². The van der Waals surface area contributed by atoms with Gasteiger partial charge in [-0.1, -0.05) is 18.2 Å². The molecule has 1 unspecified atom stereocenters. The van der Waals surface area contributed by atoms with Gasteiger partial charge in [-0.2, -0.15) is 5.26 Å². The normalized spacial score (nSPS) is 14.8. The van der Waals surface area contributed by atoms with Gasteiger partial charge in [0.05, 0.1) is 29.0 Å². The van der Waals surface area contributed by atoms with E-state index in [1.54, 1.807) is 30.3 Å². The number of carboxylic acids is 1. The molecule has 1 fully saturated rings. The molecule has 2 heterocycles. The van der Waals surface area contributed by atoms with Crippen molar-refractivity contribution in [2.75, 3.05) is 23.3 Å². The van der Waals surface area contributed by atoms with E-state index < -0.39 is 5.97 Å². The summed E-state index contributed by atoms with van der Waals surface area (Å²) in [6, 6.07) is 13.8. The van der Waals surface area contributed by atoms with Crippen molar-refractivity contribution in [2.24, 2.45) is 5.92 Å². The molecular weight excluding hydrogens is 382 g/mol. The summed E-state index contributed by atoms with van der Waals surface area (Å²) >= 11 is 0. The van der Waals surface area contributed by atoms with E-state index in [1.165, 1.54) is 6.07 Å². The second kappa shape index (κ2) is 7.56. The van der Waals surface area contributed by atoms with E-state index in [9.17, 15) is 14.7 Å². The van der Waals surface area contributed by atoms with Crippen molar-refractivity contribution in [1.29, 1.82) is 5.26 Å². The van der Waals surface area contributed by atoms with Crippen LogP contribution in [0.3, 0.4) is 0 Å². The van der Waals surface area contributed by atoms with Crippen LogP contribution >= 0.6 is 0 Å². The average molecular weight is 403 g/mol. The molecule has 0 spiro atoms. The molecule has 0 radical (unpaired) electrons. The van der Waals surface area contributed by atoms with Gasteiger partial charge in [-0.15, -0.1) is 0 Å². The monoisotopic (exact) mass is 403 g/mol. The minimum atomic E-state index is -1.02. The largest absolute Gasteiger partial charge is 0.478 e. The van der Waals surface area contributed by atoms with Crippen LogP contribution in [-0.2, 0) is 0 Å². The van der Waals surface area contributed by atoms with E-state index in [1.807, 2.05) is 24.8 Å². The quantitative estimate of drug-likeness (QED) is 0.665. The number of nitrogens with one attached hydrogen (secondary N) is 1. The minimum absolute atomic E-state index is 0.0587. The number of hydrogen-bond acceptors (Lipinski definition) is 6. The highest BCUT2D eigenvalue weighted by atomic mass is 16.4. The number of nitrogens with zero attached hydrogens (tertiary/aromatic N) is 2. The van der Waals surface area contributed by atoms with Crippen molar-refractivity contribution in [3.8, 4) is 6.07 Å².